The lowest BCUT2D eigenvalue weighted by Crippen LogP contribution is -2.28. The third-order valence-corrected chi connectivity index (χ3v) is 3.25. The van der Waals surface area contributed by atoms with Gasteiger partial charge in [-0.2, -0.15) is 0 Å². The first kappa shape index (κ1) is 11.9. The predicted molar refractivity (Wildman–Crippen MR) is 65.2 cm³/mol. The van der Waals surface area contributed by atoms with Gasteiger partial charge in [-0.05, 0) is 37.6 Å². The van der Waals surface area contributed by atoms with Crippen molar-refractivity contribution in [2.45, 2.75) is 13.8 Å². The Hall–Kier alpha value is -1.61. The van der Waals surface area contributed by atoms with E-state index in [1.807, 2.05) is 0 Å². The molecule has 0 unspecified atom stereocenters. The summed E-state index contributed by atoms with van der Waals surface area (Å²) in [4.78, 5) is 23.3. The second kappa shape index (κ2) is 3.70. The van der Waals surface area contributed by atoms with Crippen molar-refractivity contribution < 1.29 is 14.7 Å². The number of rotatable bonds is 2. The zero-order chi connectivity index (χ0) is 12.8. The fourth-order valence-corrected chi connectivity index (χ4v) is 1.97. The Morgan fingerprint density at radius 1 is 1.35 bits per heavy atom. The largest absolute Gasteiger partial charge is 0.481 e. The summed E-state index contributed by atoms with van der Waals surface area (Å²) in [5, 5.41) is 9.61. The van der Waals surface area contributed by atoms with Crippen molar-refractivity contribution >= 4 is 29.4 Å². The number of carbonyl (C=O) groups is 2. The van der Waals surface area contributed by atoms with Crippen LogP contribution in [0.1, 0.15) is 29.8 Å². The number of benzene rings is 1. The molecule has 1 aliphatic rings. The van der Waals surface area contributed by atoms with Crippen LogP contribution in [0.25, 0.3) is 6.08 Å². The molecule has 0 radical (unpaired) electrons. The summed E-state index contributed by atoms with van der Waals surface area (Å²) in [6.45, 7) is 3.04. The van der Waals surface area contributed by atoms with Crippen molar-refractivity contribution in [1.82, 2.24) is 0 Å². The number of hydrogen-bond donors (Lipinski definition) is 1. The van der Waals surface area contributed by atoms with Crippen molar-refractivity contribution in [2.75, 3.05) is 0 Å². The average Bonchev–Trinajstić information content (AvgIpc) is 2.56. The van der Waals surface area contributed by atoms with Gasteiger partial charge in [-0.1, -0.05) is 17.7 Å². The molecular weight excluding hydrogens is 240 g/mol. The summed E-state index contributed by atoms with van der Waals surface area (Å²) >= 11 is 5.82. The number of halogens is 1. The van der Waals surface area contributed by atoms with Gasteiger partial charge < -0.3 is 5.11 Å². The third-order valence-electron chi connectivity index (χ3n) is 3.01. The SMILES string of the molecule is CC(C)(C(=O)O)C1=Cc2ccc(Cl)cc2C1=O. The van der Waals surface area contributed by atoms with Gasteiger partial charge in [0.15, 0.2) is 5.78 Å². The van der Waals surface area contributed by atoms with Crippen LogP contribution in [0, 0.1) is 5.41 Å². The van der Waals surface area contributed by atoms with E-state index in [2.05, 4.69) is 0 Å². The van der Waals surface area contributed by atoms with Gasteiger partial charge >= 0.3 is 5.97 Å². The molecule has 1 aromatic carbocycles. The Labute approximate surface area is 104 Å². The Bertz CT molecular complexity index is 556. The van der Waals surface area contributed by atoms with Gasteiger partial charge in [-0.25, -0.2) is 0 Å². The molecule has 2 rings (SSSR count). The summed E-state index contributed by atoms with van der Waals surface area (Å²) in [6, 6.07) is 4.97. The molecule has 0 atom stereocenters. The maximum atomic E-state index is 12.1. The minimum absolute atomic E-state index is 0.255. The molecule has 0 amide bonds. The summed E-state index contributed by atoms with van der Waals surface area (Å²) in [6.07, 6.45) is 1.63. The number of hydrogen-bond acceptors (Lipinski definition) is 2. The molecular formula is C13H11ClO3. The lowest BCUT2D eigenvalue weighted by Gasteiger charge is -2.19. The fraction of sp³-hybridized carbons (Fsp3) is 0.231. The zero-order valence-corrected chi connectivity index (χ0v) is 10.2. The number of Topliss-reactive ketones (excluding diaryl/α,β-unsaturated/α-hetero) is 1. The Morgan fingerprint density at radius 2 is 2.00 bits per heavy atom. The first-order chi connectivity index (χ1) is 7.84. The second-order valence-corrected chi connectivity index (χ2v) is 4.99. The van der Waals surface area contributed by atoms with Crippen LogP contribution in [-0.4, -0.2) is 16.9 Å². The topological polar surface area (TPSA) is 54.4 Å². The number of aliphatic carboxylic acids is 1. The molecule has 0 bridgehead atoms. The van der Waals surface area contributed by atoms with Crippen LogP contribution in [-0.2, 0) is 4.79 Å². The first-order valence-electron chi connectivity index (χ1n) is 5.14. The van der Waals surface area contributed by atoms with E-state index < -0.39 is 11.4 Å². The van der Waals surface area contributed by atoms with Crippen molar-refractivity contribution in [3.8, 4) is 0 Å². The smallest absolute Gasteiger partial charge is 0.313 e. The minimum atomic E-state index is -1.19. The molecule has 0 fully saturated rings. The van der Waals surface area contributed by atoms with E-state index in [4.69, 9.17) is 16.7 Å². The van der Waals surface area contributed by atoms with E-state index in [0.29, 0.717) is 16.2 Å². The number of ketones is 1. The number of fused-ring (bicyclic) bond motifs is 1. The highest BCUT2D eigenvalue weighted by molar-refractivity contribution is 6.32. The molecule has 0 spiro atoms. The van der Waals surface area contributed by atoms with Crippen LogP contribution in [0.3, 0.4) is 0 Å². The van der Waals surface area contributed by atoms with E-state index in [-0.39, 0.29) is 5.78 Å². The molecule has 0 saturated carbocycles. The van der Waals surface area contributed by atoms with E-state index in [1.165, 1.54) is 13.8 Å². The minimum Gasteiger partial charge on any atom is -0.481 e. The van der Waals surface area contributed by atoms with Gasteiger partial charge in [0.25, 0.3) is 0 Å². The molecule has 4 heteroatoms. The monoisotopic (exact) mass is 250 g/mol. The molecule has 1 aromatic rings. The van der Waals surface area contributed by atoms with Crippen LogP contribution in [0.4, 0.5) is 0 Å². The lowest BCUT2D eigenvalue weighted by atomic mass is 9.82. The quantitative estimate of drug-likeness (QED) is 0.878. The highest BCUT2D eigenvalue weighted by atomic mass is 35.5. The molecule has 17 heavy (non-hydrogen) atoms. The number of carbonyl (C=O) groups excluding carboxylic acids is 1. The normalized spacial score (nSPS) is 14.5. The van der Waals surface area contributed by atoms with Crippen LogP contribution < -0.4 is 0 Å². The molecule has 1 N–H and O–H groups in total. The van der Waals surface area contributed by atoms with E-state index in [1.54, 1.807) is 24.3 Å². The highest BCUT2D eigenvalue weighted by Gasteiger charge is 2.39. The van der Waals surface area contributed by atoms with Gasteiger partial charge in [-0.3, -0.25) is 9.59 Å². The summed E-state index contributed by atoms with van der Waals surface area (Å²) in [7, 11) is 0. The van der Waals surface area contributed by atoms with Crippen LogP contribution in [0.5, 0.6) is 0 Å². The fourth-order valence-electron chi connectivity index (χ4n) is 1.80. The van der Waals surface area contributed by atoms with Crippen LogP contribution in [0.2, 0.25) is 5.02 Å². The molecule has 3 nitrogen and oxygen atoms in total. The first-order valence-corrected chi connectivity index (χ1v) is 5.51. The lowest BCUT2D eigenvalue weighted by molar-refractivity contribution is -0.144. The second-order valence-electron chi connectivity index (χ2n) is 4.55. The Morgan fingerprint density at radius 3 is 2.59 bits per heavy atom. The predicted octanol–water partition coefficient (Wildman–Crippen LogP) is 3.03. The van der Waals surface area contributed by atoms with Gasteiger partial charge in [0.2, 0.25) is 0 Å². The van der Waals surface area contributed by atoms with Crippen molar-refractivity contribution in [3.63, 3.8) is 0 Å². The van der Waals surface area contributed by atoms with Gasteiger partial charge in [0.05, 0.1) is 5.41 Å². The van der Waals surface area contributed by atoms with Crippen LogP contribution >= 0.6 is 11.6 Å². The van der Waals surface area contributed by atoms with Gasteiger partial charge in [0, 0.05) is 16.2 Å². The third kappa shape index (κ3) is 1.76. The molecule has 0 saturated heterocycles. The maximum Gasteiger partial charge on any atom is 0.313 e. The maximum absolute atomic E-state index is 12.1. The van der Waals surface area contributed by atoms with Crippen LogP contribution in [0.15, 0.2) is 23.8 Å². The standard InChI is InChI=1S/C13H11ClO3/c1-13(2,12(16)17)10-5-7-3-4-8(14)6-9(7)11(10)15/h3-6H,1-2H3,(H,16,17). The van der Waals surface area contributed by atoms with Gasteiger partial charge in [0.1, 0.15) is 0 Å². The molecule has 0 heterocycles. The van der Waals surface area contributed by atoms with E-state index in [0.717, 1.165) is 5.56 Å². The summed E-state index contributed by atoms with van der Waals surface area (Å²) < 4.78 is 0. The van der Waals surface area contributed by atoms with E-state index >= 15 is 0 Å². The Kier molecular flexibility index (Phi) is 2.59. The highest BCUT2D eigenvalue weighted by Crippen LogP contribution is 2.37. The average molecular weight is 251 g/mol. The summed E-state index contributed by atoms with van der Waals surface area (Å²) in [5.74, 6) is -1.27. The molecule has 0 aliphatic heterocycles. The number of carboxylic acid groups (broad SMARTS) is 1. The van der Waals surface area contributed by atoms with E-state index in [9.17, 15) is 9.59 Å². The number of carboxylic acids is 1. The van der Waals surface area contributed by atoms with Crippen molar-refractivity contribution in [3.05, 3.63) is 39.9 Å². The zero-order valence-electron chi connectivity index (χ0n) is 9.45. The van der Waals surface area contributed by atoms with Crippen molar-refractivity contribution in [2.24, 2.45) is 5.41 Å². The van der Waals surface area contributed by atoms with Gasteiger partial charge in [-0.15, -0.1) is 0 Å². The summed E-state index contributed by atoms with van der Waals surface area (Å²) in [5.41, 5.74) is 0.301. The van der Waals surface area contributed by atoms with Crippen molar-refractivity contribution in [1.29, 1.82) is 0 Å². The Balaban J connectivity index is 2.52. The molecule has 0 aromatic heterocycles. The molecule has 1 aliphatic carbocycles. The molecule has 88 valence electrons.